The quantitative estimate of drug-likeness (QED) is 0.729. The lowest BCUT2D eigenvalue weighted by molar-refractivity contribution is 0.0749. The van der Waals surface area contributed by atoms with Gasteiger partial charge in [0.05, 0.1) is 0 Å². The fourth-order valence-corrected chi connectivity index (χ4v) is 3.41. The van der Waals surface area contributed by atoms with Crippen LogP contribution in [0.15, 0.2) is 60.7 Å². The summed E-state index contributed by atoms with van der Waals surface area (Å²) in [5, 5.41) is 0. The normalized spacial score (nSPS) is 18.7. The number of hydrogen-bond acceptors (Lipinski definition) is 2. The van der Waals surface area contributed by atoms with E-state index in [1.165, 1.54) is 11.1 Å². The average molecular weight is 345 g/mol. The van der Waals surface area contributed by atoms with Crippen LogP contribution in [0.25, 0.3) is 0 Å². The van der Waals surface area contributed by atoms with Crippen molar-refractivity contribution >= 4 is 11.6 Å². The van der Waals surface area contributed by atoms with Crippen LogP contribution >= 0.6 is 11.6 Å². The number of benzene rings is 2. The Morgan fingerprint density at radius 3 is 1.92 bits per heavy atom. The van der Waals surface area contributed by atoms with Gasteiger partial charge in [-0.1, -0.05) is 74.5 Å². The molecule has 3 heteroatoms. The average Bonchev–Trinajstić information content (AvgIpc) is 2.66. The lowest BCUT2D eigenvalue weighted by atomic mass is 10.1. The SMILES string of the molecule is CC.ClCC1CN(Cc2ccccc2)CCN1Cc1ccccc1. The van der Waals surface area contributed by atoms with Gasteiger partial charge in [-0.05, 0) is 11.1 Å². The van der Waals surface area contributed by atoms with Gasteiger partial charge in [0, 0.05) is 44.6 Å². The molecule has 2 aromatic rings. The number of halogens is 1. The fraction of sp³-hybridized carbons (Fsp3) is 0.429. The molecule has 0 aliphatic carbocycles. The predicted octanol–water partition coefficient (Wildman–Crippen LogP) is 4.64. The first-order valence-corrected chi connectivity index (χ1v) is 9.49. The Hall–Kier alpha value is -1.35. The van der Waals surface area contributed by atoms with Crippen LogP contribution in [-0.2, 0) is 13.1 Å². The van der Waals surface area contributed by atoms with E-state index in [2.05, 4.69) is 70.5 Å². The number of nitrogens with zero attached hydrogens (tertiary/aromatic N) is 2. The van der Waals surface area contributed by atoms with Gasteiger partial charge in [0.1, 0.15) is 0 Å². The van der Waals surface area contributed by atoms with Crippen LogP contribution in [0.3, 0.4) is 0 Å². The summed E-state index contributed by atoms with van der Waals surface area (Å²) in [5.41, 5.74) is 2.75. The van der Waals surface area contributed by atoms with E-state index in [1.54, 1.807) is 0 Å². The highest BCUT2D eigenvalue weighted by molar-refractivity contribution is 6.18. The second-order valence-electron chi connectivity index (χ2n) is 5.98. The predicted molar refractivity (Wildman–Crippen MR) is 104 cm³/mol. The molecule has 1 atom stereocenters. The first kappa shape index (κ1) is 19.0. The summed E-state index contributed by atoms with van der Waals surface area (Å²) in [4.78, 5) is 5.04. The summed E-state index contributed by atoms with van der Waals surface area (Å²) < 4.78 is 0. The van der Waals surface area contributed by atoms with Gasteiger partial charge >= 0.3 is 0 Å². The number of hydrogen-bond donors (Lipinski definition) is 0. The van der Waals surface area contributed by atoms with Gasteiger partial charge in [-0.15, -0.1) is 11.6 Å². The maximum atomic E-state index is 6.24. The molecule has 1 fully saturated rings. The Balaban J connectivity index is 0.00000100. The second kappa shape index (κ2) is 10.5. The number of piperazine rings is 1. The summed E-state index contributed by atoms with van der Waals surface area (Å²) in [6, 6.07) is 21.8. The first-order valence-electron chi connectivity index (χ1n) is 8.95. The third-order valence-corrected chi connectivity index (χ3v) is 4.70. The Bertz CT molecular complexity index is 559. The smallest absolute Gasteiger partial charge is 0.0392 e. The standard InChI is InChI=1S/C19H23ClN2.C2H6/c20-13-19-16-21(14-17-7-3-1-4-8-17)11-12-22(19)15-18-9-5-2-6-10-18;1-2/h1-10,19H,11-16H2;1-2H3. The van der Waals surface area contributed by atoms with Crippen LogP contribution in [-0.4, -0.2) is 41.4 Å². The van der Waals surface area contributed by atoms with Crippen LogP contribution in [0.4, 0.5) is 0 Å². The van der Waals surface area contributed by atoms with Gasteiger partial charge in [0.15, 0.2) is 0 Å². The van der Waals surface area contributed by atoms with Crippen molar-refractivity contribution in [2.24, 2.45) is 0 Å². The molecule has 1 saturated heterocycles. The van der Waals surface area contributed by atoms with E-state index in [0.717, 1.165) is 32.7 Å². The molecule has 2 nitrogen and oxygen atoms in total. The topological polar surface area (TPSA) is 6.48 Å². The lowest BCUT2D eigenvalue weighted by Crippen LogP contribution is -2.53. The maximum Gasteiger partial charge on any atom is 0.0392 e. The molecule has 0 aromatic heterocycles. The molecule has 0 amide bonds. The van der Waals surface area contributed by atoms with E-state index in [4.69, 9.17) is 11.6 Å². The number of rotatable bonds is 5. The zero-order valence-corrected chi connectivity index (χ0v) is 15.6. The van der Waals surface area contributed by atoms with Gasteiger partial charge < -0.3 is 0 Å². The zero-order valence-electron chi connectivity index (χ0n) is 14.9. The van der Waals surface area contributed by atoms with Gasteiger partial charge in [-0.3, -0.25) is 9.80 Å². The van der Waals surface area contributed by atoms with Crippen molar-refractivity contribution in [3.63, 3.8) is 0 Å². The molecular weight excluding hydrogens is 316 g/mol. The summed E-state index contributed by atoms with van der Waals surface area (Å²) in [6.45, 7) is 9.25. The molecular formula is C21H29ClN2. The maximum absolute atomic E-state index is 6.24. The van der Waals surface area contributed by atoms with Crippen molar-refractivity contribution in [1.29, 1.82) is 0 Å². The highest BCUT2D eigenvalue weighted by atomic mass is 35.5. The van der Waals surface area contributed by atoms with Gasteiger partial charge in [0.2, 0.25) is 0 Å². The highest BCUT2D eigenvalue weighted by Crippen LogP contribution is 2.17. The van der Waals surface area contributed by atoms with Crippen LogP contribution < -0.4 is 0 Å². The molecule has 1 aliphatic rings. The van der Waals surface area contributed by atoms with Gasteiger partial charge in [0.25, 0.3) is 0 Å². The third kappa shape index (κ3) is 5.62. The molecule has 0 bridgehead atoms. The van der Waals surface area contributed by atoms with Gasteiger partial charge in [-0.2, -0.15) is 0 Å². The minimum absolute atomic E-state index is 0.430. The van der Waals surface area contributed by atoms with E-state index in [-0.39, 0.29) is 0 Å². The van der Waals surface area contributed by atoms with E-state index in [9.17, 15) is 0 Å². The van der Waals surface area contributed by atoms with Gasteiger partial charge in [-0.25, -0.2) is 0 Å². The monoisotopic (exact) mass is 344 g/mol. The van der Waals surface area contributed by atoms with Crippen molar-refractivity contribution in [2.45, 2.75) is 33.0 Å². The molecule has 1 unspecified atom stereocenters. The molecule has 0 N–H and O–H groups in total. The Labute approximate surface area is 152 Å². The summed E-state index contributed by atoms with van der Waals surface area (Å²) in [7, 11) is 0. The fourth-order valence-electron chi connectivity index (χ4n) is 3.11. The molecule has 0 spiro atoms. The van der Waals surface area contributed by atoms with Crippen LogP contribution in [0.2, 0.25) is 0 Å². The molecule has 0 saturated carbocycles. The van der Waals surface area contributed by atoms with Crippen molar-refractivity contribution in [2.75, 3.05) is 25.5 Å². The Morgan fingerprint density at radius 2 is 1.38 bits per heavy atom. The lowest BCUT2D eigenvalue weighted by Gasteiger charge is -2.40. The minimum Gasteiger partial charge on any atom is -0.296 e. The van der Waals surface area contributed by atoms with E-state index >= 15 is 0 Å². The van der Waals surface area contributed by atoms with Crippen LogP contribution in [0.1, 0.15) is 25.0 Å². The largest absolute Gasteiger partial charge is 0.296 e. The van der Waals surface area contributed by atoms with E-state index in [1.807, 2.05) is 13.8 Å². The van der Waals surface area contributed by atoms with Crippen LogP contribution in [0.5, 0.6) is 0 Å². The van der Waals surface area contributed by atoms with Crippen molar-refractivity contribution in [3.05, 3.63) is 71.8 Å². The summed E-state index contributed by atoms with van der Waals surface area (Å²) in [5.74, 6) is 0.693. The minimum atomic E-state index is 0.430. The molecule has 3 rings (SSSR count). The molecule has 0 radical (unpaired) electrons. The molecule has 24 heavy (non-hydrogen) atoms. The highest BCUT2D eigenvalue weighted by Gasteiger charge is 2.26. The van der Waals surface area contributed by atoms with E-state index < -0.39 is 0 Å². The Morgan fingerprint density at radius 1 is 0.833 bits per heavy atom. The van der Waals surface area contributed by atoms with Crippen molar-refractivity contribution in [3.8, 4) is 0 Å². The molecule has 2 aromatic carbocycles. The zero-order chi connectivity index (χ0) is 17.2. The molecule has 1 heterocycles. The van der Waals surface area contributed by atoms with Crippen molar-refractivity contribution in [1.82, 2.24) is 9.80 Å². The first-order chi connectivity index (χ1) is 11.8. The summed E-state index contributed by atoms with van der Waals surface area (Å²) in [6.07, 6.45) is 0. The Kier molecular flexibility index (Phi) is 8.31. The third-order valence-electron chi connectivity index (χ3n) is 4.34. The van der Waals surface area contributed by atoms with Crippen LogP contribution in [0, 0.1) is 0 Å². The second-order valence-corrected chi connectivity index (χ2v) is 6.29. The number of alkyl halides is 1. The van der Waals surface area contributed by atoms with Crippen molar-refractivity contribution < 1.29 is 0 Å². The molecule has 130 valence electrons. The van der Waals surface area contributed by atoms with E-state index in [0.29, 0.717) is 11.9 Å². The summed E-state index contributed by atoms with van der Waals surface area (Å²) >= 11 is 6.24. The molecule has 1 aliphatic heterocycles.